The Hall–Kier alpha value is -1.44. The molecule has 0 aromatic carbocycles. The largest absolute Gasteiger partial charge is 0.455 e. The normalized spacial score (nSPS) is 33.7. The van der Waals surface area contributed by atoms with Gasteiger partial charge in [0.1, 0.15) is 17.6 Å². The van der Waals surface area contributed by atoms with Crippen molar-refractivity contribution in [1.29, 1.82) is 0 Å². The lowest BCUT2D eigenvalue weighted by Gasteiger charge is -2.52. The molecule has 1 N–H and O–H groups in total. The fourth-order valence-corrected chi connectivity index (χ4v) is 5.01. The van der Waals surface area contributed by atoms with Crippen molar-refractivity contribution in [1.82, 2.24) is 0 Å². The molecule has 164 valence electrons. The third kappa shape index (κ3) is 2.96. The molecule has 7 heteroatoms. The van der Waals surface area contributed by atoms with Gasteiger partial charge in [-0.3, -0.25) is 4.79 Å². The van der Waals surface area contributed by atoms with Gasteiger partial charge in [0.2, 0.25) is 0 Å². The Labute approximate surface area is 172 Å². The van der Waals surface area contributed by atoms with Gasteiger partial charge in [-0.25, -0.2) is 4.79 Å². The van der Waals surface area contributed by atoms with E-state index in [9.17, 15) is 14.7 Å². The Bertz CT molecular complexity index is 715. The van der Waals surface area contributed by atoms with Crippen LogP contribution in [0.25, 0.3) is 0 Å². The fraction of sp³-hybridized carbons (Fsp3) is 0.818. The van der Waals surface area contributed by atoms with Crippen molar-refractivity contribution >= 4 is 11.9 Å². The van der Waals surface area contributed by atoms with Crippen molar-refractivity contribution in [3.05, 3.63) is 12.2 Å². The molecule has 7 nitrogen and oxygen atoms in total. The number of fused-ring (bicyclic) bond motifs is 1. The molecule has 0 aromatic rings. The minimum atomic E-state index is -1.13. The molecule has 0 spiro atoms. The number of carbonyl (C=O) groups is 2. The van der Waals surface area contributed by atoms with Gasteiger partial charge in [-0.1, -0.05) is 20.4 Å². The van der Waals surface area contributed by atoms with Crippen LogP contribution in [0.1, 0.15) is 67.7 Å². The van der Waals surface area contributed by atoms with E-state index in [0.29, 0.717) is 19.3 Å². The van der Waals surface area contributed by atoms with E-state index in [4.69, 9.17) is 18.9 Å². The highest BCUT2D eigenvalue weighted by Crippen LogP contribution is 2.63. The number of rotatable bonds is 8. The molecule has 3 aliphatic heterocycles. The summed E-state index contributed by atoms with van der Waals surface area (Å²) in [6.07, 6.45) is -0.841. The van der Waals surface area contributed by atoms with E-state index in [-0.39, 0.29) is 11.5 Å². The first-order chi connectivity index (χ1) is 13.3. The highest BCUT2D eigenvalue weighted by atomic mass is 16.7. The molecule has 5 unspecified atom stereocenters. The summed E-state index contributed by atoms with van der Waals surface area (Å²) >= 11 is 0. The van der Waals surface area contributed by atoms with Crippen LogP contribution in [-0.4, -0.2) is 58.3 Å². The van der Waals surface area contributed by atoms with Crippen molar-refractivity contribution in [2.45, 2.75) is 109 Å². The van der Waals surface area contributed by atoms with Gasteiger partial charge in [-0.2, -0.15) is 0 Å². The van der Waals surface area contributed by atoms with Crippen LogP contribution in [0.5, 0.6) is 0 Å². The summed E-state index contributed by atoms with van der Waals surface area (Å²) in [7, 11) is 0. The zero-order valence-corrected chi connectivity index (χ0v) is 18.5. The Morgan fingerprint density at radius 1 is 1.28 bits per heavy atom. The van der Waals surface area contributed by atoms with Crippen molar-refractivity contribution in [3.63, 3.8) is 0 Å². The van der Waals surface area contributed by atoms with E-state index in [1.807, 2.05) is 27.7 Å². The third-order valence-electron chi connectivity index (χ3n) is 7.40. The molecule has 0 aromatic heterocycles. The van der Waals surface area contributed by atoms with Gasteiger partial charge in [0.25, 0.3) is 0 Å². The smallest absolute Gasteiger partial charge is 0.333 e. The summed E-state index contributed by atoms with van der Waals surface area (Å²) in [5.41, 5.74) is -3.64. The van der Waals surface area contributed by atoms with Crippen LogP contribution >= 0.6 is 0 Å². The van der Waals surface area contributed by atoms with Crippen molar-refractivity contribution in [3.8, 4) is 0 Å². The second kappa shape index (κ2) is 6.79. The Balaban J connectivity index is 1.97. The summed E-state index contributed by atoms with van der Waals surface area (Å²) in [4.78, 5) is 25.3. The van der Waals surface area contributed by atoms with Gasteiger partial charge < -0.3 is 24.1 Å². The van der Waals surface area contributed by atoms with E-state index in [2.05, 4.69) is 6.58 Å². The third-order valence-corrected chi connectivity index (χ3v) is 7.40. The van der Waals surface area contributed by atoms with Crippen LogP contribution in [0.2, 0.25) is 0 Å². The maximum Gasteiger partial charge on any atom is 0.333 e. The minimum Gasteiger partial charge on any atom is -0.455 e. The van der Waals surface area contributed by atoms with Gasteiger partial charge >= 0.3 is 11.9 Å². The van der Waals surface area contributed by atoms with Crippen LogP contribution in [0, 0.1) is 5.41 Å². The van der Waals surface area contributed by atoms with Gasteiger partial charge in [-0.15, -0.1) is 0 Å². The SMILES string of the molecule is C=C(C)C(=O)OC1C2CC3(C(CC)(CC)OC(C)(C)C(C)(C)O)C(=O)OC1C3O2. The molecule has 3 saturated heterocycles. The molecule has 3 heterocycles. The van der Waals surface area contributed by atoms with Crippen LogP contribution < -0.4 is 0 Å². The second-order valence-electron chi connectivity index (χ2n) is 9.66. The van der Waals surface area contributed by atoms with E-state index in [0.717, 1.165) is 0 Å². The quantitative estimate of drug-likeness (QED) is 0.486. The lowest BCUT2D eigenvalue weighted by atomic mass is 9.61. The van der Waals surface area contributed by atoms with Crippen molar-refractivity contribution in [2.75, 3.05) is 0 Å². The van der Waals surface area contributed by atoms with Gasteiger partial charge in [0, 0.05) is 5.57 Å². The van der Waals surface area contributed by atoms with E-state index >= 15 is 0 Å². The summed E-state index contributed by atoms with van der Waals surface area (Å²) in [5, 5.41) is 10.7. The molecule has 0 radical (unpaired) electrons. The molecule has 0 amide bonds. The van der Waals surface area contributed by atoms with Gasteiger partial charge in [0.15, 0.2) is 12.2 Å². The lowest BCUT2D eigenvalue weighted by Crippen LogP contribution is -2.63. The maximum absolute atomic E-state index is 13.3. The fourth-order valence-electron chi connectivity index (χ4n) is 5.01. The van der Waals surface area contributed by atoms with Crippen LogP contribution in [0.15, 0.2) is 12.2 Å². The molecule has 5 atom stereocenters. The molecule has 29 heavy (non-hydrogen) atoms. The highest BCUT2D eigenvalue weighted by Gasteiger charge is 2.79. The predicted molar refractivity (Wildman–Crippen MR) is 105 cm³/mol. The number of ether oxygens (including phenoxy) is 4. The van der Waals surface area contributed by atoms with Crippen LogP contribution in [0.4, 0.5) is 0 Å². The number of esters is 2. The molecule has 3 fully saturated rings. The first-order valence-electron chi connectivity index (χ1n) is 10.4. The summed E-state index contributed by atoms with van der Waals surface area (Å²) in [5.74, 6) is -0.893. The van der Waals surface area contributed by atoms with Gasteiger partial charge in [0.05, 0.1) is 16.8 Å². The number of carbonyl (C=O) groups excluding carboxylic acids is 2. The van der Waals surface area contributed by atoms with E-state index in [1.165, 1.54) is 0 Å². The average Bonchev–Trinajstić information content (AvgIpc) is 3.21. The van der Waals surface area contributed by atoms with Crippen LogP contribution in [-0.2, 0) is 28.5 Å². The molecule has 3 rings (SSSR count). The molecule has 0 saturated carbocycles. The molecule has 0 aliphatic carbocycles. The molecule has 3 aliphatic rings. The van der Waals surface area contributed by atoms with Crippen molar-refractivity contribution in [2.24, 2.45) is 5.41 Å². The Morgan fingerprint density at radius 2 is 1.86 bits per heavy atom. The van der Waals surface area contributed by atoms with Crippen LogP contribution in [0.3, 0.4) is 0 Å². The standard InChI is InChI=1S/C22H34O7/c1-9-21(10-2,29-20(7,8)19(5,6)25)22-11-13-14(27-17(23)12(3)4)15(16(22)26-13)28-18(22)24/h13-16,25H,3,9-11H2,1-2,4-8H3. The number of hydrogen-bond donors (Lipinski definition) is 1. The van der Waals surface area contributed by atoms with E-state index in [1.54, 1.807) is 20.8 Å². The van der Waals surface area contributed by atoms with E-state index < -0.39 is 52.6 Å². The Morgan fingerprint density at radius 3 is 2.34 bits per heavy atom. The molecular weight excluding hydrogens is 376 g/mol. The summed E-state index contributed by atoms with van der Waals surface area (Å²) < 4.78 is 24.0. The maximum atomic E-state index is 13.3. The highest BCUT2D eigenvalue weighted by molar-refractivity contribution is 5.88. The zero-order chi connectivity index (χ0) is 22.0. The minimum absolute atomic E-state index is 0.287. The lowest BCUT2D eigenvalue weighted by molar-refractivity contribution is -0.255. The molecule has 2 bridgehead atoms. The van der Waals surface area contributed by atoms with Gasteiger partial charge in [-0.05, 0) is 53.9 Å². The predicted octanol–water partition coefficient (Wildman–Crippen LogP) is 2.68. The second-order valence-corrected chi connectivity index (χ2v) is 9.66. The number of aliphatic hydroxyl groups is 1. The number of hydrogen-bond acceptors (Lipinski definition) is 7. The average molecular weight is 411 g/mol. The summed E-state index contributed by atoms with van der Waals surface area (Å²) in [6, 6.07) is 0. The topological polar surface area (TPSA) is 91.3 Å². The Kier molecular flexibility index (Phi) is 5.21. The first kappa shape index (κ1) is 22.2. The monoisotopic (exact) mass is 410 g/mol. The first-order valence-corrected chi connectivity index (χ1v) is 10.4. The zero-order valence-electron chi connectivity index (χ0n) is 18.5. The molecular formula is C22H34O7. The van der Waals surface area contributed by atoms with Crippen molar-refractivity contribution < 1.29 is 33.6 Å². The summed E-state index contributed by atoms with van der Waals surface area (Å²) in [6.45, 7) is 16.2.